The van der Waals surface area contributed by atoms with Crippen LogP contribution in [0.3, 0.4) is 0 Å². The first kappa shape index (κ1) is 18.4. The Hall–Kier alpha value is -1.92. The van der Waals surface area contributed by atoms with E-state index in [1.54, 1.807) is 4.68 Å². The fraction of sp³-hybridized carbons (Fsp3) is 0.800. The molecule has 0 radical (unpaired) electrons. The highest BCUT2D eigenvalue weighted by Gasteiger charge is 2.60. The fourth-order valence-electron chi connectivity index (χ4n) is 5.66. The third kappa shape index (κ3) is 3.05. The molecule has 2 aliphatic heterocycles. The van der Waals surface area contributed by atoms with Crippen molar-refractivity contribution in [3.05, 3.63) is 11.6 Å². The van der Waals surface area contributed by atoms with Crippen LogP contribution in [0.4, 0.5) is 0 Å². The Morgan fingerprint density at radius 2 is 1.93 bits per heavy atom. The van der Waals surface area contributed by atoms with E-state index in [0.29, 0.717) is 11.9 Å². The van der Waals surface area contributed by atoms with Crippen molar-refractivity contribution in [1.29, 1.82) is 0 Å². The van der Waals surface area contributed by atoms with Crippen LogP contribution in [0, 0.1) is 19.3 Å². The molecule has 3 atom stereocenters. The standard InChI is InChI=1S/C20H31N5O2/c1-4-20(19(27)22-15-7-5-6-8-15)11-16-9-10-17(20)25(16)18(26)12-24-14(3)21-13(2)23-24/h15-17H,4-12H2,1-3H3,(H,22,27)/t16-,17+,20+/m1/s1. The number of hydrogen-bond donors (Lipinski definition) is 1. The maximum Gasteiger partial charge on any atom is 0.244 e. The third-order valence-electron chi connectivity index (χ3n) is 7.05. The van der Waals surface area contributed by atoms with Crippen molar-refractivity contribution in [3.8, 4) is 0 Å². The molecule has 2 saturated heterocycles. The summed E-state index contributed by atoms with van der Waals surface area (Å²) < 4.78 is 1.68. The van der Waals surface area contributed by atoms with E-state index in [1.807, 2.05) is 18.7 Å². The molecule has 1 aromatic heterocycles. The van der Waals surface area contributed by atoms with Crippen LogP contribution in [0.5, 0.6) is 0 Å². The summed E-state index contributed by atoms with van der Waals surface area (Å²) in [6, 6.07) is 0.526. The van der Waals surface area contributed by atoms with Gasteiger partial charge in [-0.05, 0) is 52.4 Å². The predicted molar refractivity (Wildman–Crippen MR) is 101 cm³/mol. The van der Waals surface area contributed by atoms with Crippen LogP contribution < -0.4 is 5.32 Å². The average molecular weight is 374 g/mol. The molecule has 1 aromatic rings. The summed E-state index contributed by atoms with van der Waals surface area (Å²) in [6.07, 6.45) is 8.11. The van der Waals surface area contributed by atoms with Gasteiger partial charge in [-0.25, -0.2) is 9.67 Å². The summed E-state index contributed by atoms with van der Waals surface area (Å²) in [5.41, 5.74) is -0.422. The number of hydrogen-bond acceptors (Lipinski definition) is 4. The lowest BCUT2D eigenvalue weighted by Gasteiger charge is -2.36. The molecule has 4 rings (SSSR count). The van der Waals surface area contributed by atoms with Crippen molar-refractivity contribution in [3.63, 3.8) is 0 Å². The normalized spacial score (nSPS) is 30.3. The first-order valence-electron chi connectivity index (χ1n) is 10.4. The van der Waals surface area contributed by atoms with Crippen molar-refractivity contribution < 1.29 is 9.59 Å². The first-order chi connectivity index (χ1) is 12.9. The van der Waals surface area contributed by atoms with Gasteiger partial charge in [0.15, 0.2) is 0 Å². The van der Waals surface area contributed by atoms with Gasteiger partial charge in [0, 0.05) is 18.1 Å². The van der Waals surface area contributed by atoms with Crippen molar-refractivity contribution in [2.75, 3.05) is 0 Å². The maximum absolute atomic E-state index is 13.3. The minimum absolute atomic E-state index is 0.0197. The van der Waals surface area contributed by atoms with E-state index in [-0.39, 0.29) is 30.4 Å². The highest BCUT2D eigenvalue weighted by atomic mass is 16.2. The van der Waals surface area contributed by atoms with Crippen LogP contribution in [0.25, 0.3) is 0 Å². The van der Waals surface area contributed by atoms with Gasteiger partial charge in [0.25, 0.3) is 0 Å². The number of nitrogens with zero attached hydrogens (tertiary/aromatic N) is 4. The third-order valence-corrected chi connectivity index (χ3v) is 7.05. The fourth-order valence-corrected chi connectivity index (χ4v) is 5.66. The molecular weight excluding hydrogens is 342 g/mol. The van der Waals surface area contributed by atoms with Crippen molar-refractivity contribution in [2.45, 2.75) is 96.8 Å². The monoisotopic (exact) mass is 373 g/mol. The number of amides is 2. The van der Waals surface area contributed by atoms with Crippen LogP contribution >= 0.6 is 0 Å². The lowest BCUT2D eigenvalue weighted by Crippen LogP contribution is -2.51. The minimum Gasteiger partial charge on any atom is -0.353 e. The number of fused-ring (bicyclic) bond motifs is 2. The van der Waals surface area contributed by atoms with Gasteiger partial charge in [0.05, 0.1) is 5.41 Å². The molecule has 0 unspecified atom stereocenters. The molecule has 3 fully saturated rings. The van der Waals surface area contributed by atoms with E-state index < -0.39 is 5.41 Å². The van der Waals surface area contributed by atoms with E-state index in [9.17, 15) is 9.59 Å². The molecule has 3 aliphatic rings. The molecule has 7 heteroatoms. The molecule has 0 spiro atoms. The molecule has 1 N–H and O–H groups in total. The minimum atomic E-state index is -0.422. The van der Waals surface area contributed by atoms with Gasteiger partial charge in [-0.1, -0.05) is 19.8 Å². The first-order valence-corrected chi connectivity index (χ1v) is 10.4. The van der Waals surface area contributed by atoms with Crippen LogP contribution in [0.2, 0.25) is 0 Å². The smallest absolute Gasteiger partial charge is 0.244 e. The summed E-state index contributed by atoms with van der Waals surface area (Å²) in [5, 5.41) is 7.65. The largest absolute Gasteiger partial charge is 0.353 e. The number of aromatic nitrogens is 3. The van der Waals surface area contributed by atoms with E-state index >= 15 is 0 Å². The zero-order valence-electron chi connectivity index (χ0n) is 16.7. The molecule has 7 nitrogen and oxygen atoms in total. The second-order valence-corrected chi connectivity index (χ2v) is 8.58. The van der Waals surface area contributed by atoms with Crippen molar-refractivity contribution in [2.24, 2.45) is 5.41 Å². The average Bonchev–Trinajstić information content (AvgIpc) is 3.39. The highest BCUT2D eigenvalue weighted by molar-refractivity contribution is 5.87. The number of aryl methyl sites for hydroxylation is 2. The van der Waals surface area contributed by atoms with Crippen LogP contribution in [-0.2, 0) is 16.1 Å². The Morgan fingerprint density at radius 1 is 1.19 bits per heavy atom. The van der Waals surface area contributed by atoms with Gasteiger partial charge in [-0.3, -0.25) is 9.59 Å². The second-order valence-electron chi connectivity index (χ2n) is 8.58. The summed E-state index contributed by atoms with van der Waals surface area (Å²) in [4.78, 5) is 32.7. The molecule has 1 saturated carbocycles. The van der Waals surface area contributed by atoms with Gasteiger partial charge in [0.2, 0.25) is 11.8 Å². The number of rotatable bonds is 5. The van der Waals surface area contributed by atoms with E-state index in [0.717, 1.165) is 44.3 Å². The van der Waals surface area contributed by atoms with Gasteiger partial charge in [0.1, 0.15) is 18.2 Å². The lowest BCUT2D eigenvalue weighted by molar-refractivity contribution is -0.137. The summed E-state index contributed by atoms with van der Waals surface area (Å²) >= 11 is 0. The van der Waals surface area contributed by atoms with Crippen LogP contribution in [-0.4, -0.2) is 49.6 Å². The van der Waals surface area contributed by atoms with Gasteiger partial charge in [-0.2, -0.15) is 5.10 Å². The second kappa shape index (κ2) is 6.91. The number of carbonyl (C=O) groups is 2. The Labute approximate surface area is 160 Å². The zero-order chi connectivity index (χ0) is 19.2. The molecule has 1 aliphatic carbocycles. The summed E-state index contributed by atoms with van der Waals surface area (Å²) in [6.45, 7) is 6.02. The molecule has 2 amide bonds. The molecule has 2 bridgehead atoms. The zero-order valence-corrected chi connectivity index (χ0v) is 16.7. The molecule has 3 heterocycles. The number of nitrogens with one attached hydrogen (secondary N) is 1. The van der Waals surface area contributed by atoms with Crippen molar-refractivity contribution >= 4 is 11.8 Å². The quantitative estimate of drug-likeness (QED) is 0.857. The van der Waals surface area contributed by atoms with E-state index in [1.165, 1.54) is 12.8 Å². The molecule has 148 valence electrons. The van der Waals surface area contributed by atoms with Crippen LogP contribution in [0.1, 0.15) is 69.9 Å². The van der Waals surface area contributed by atoms with Gasteiger partial charge >= 0.3 is 0 Å². The maximum atomic E-state index is 13.3. The Balaban J connectivity index is 1.51. The Kier molecular flexibility index (Phi) is 4.72. The number of carbonyl (C=O) groups excluding carboxylic acids is 2. The Bertz CT molecular complexity index is 739. The van der Waals surface area contributed by atoms with Gasteiger partial charge in [-0.15, -0.1) is 0 Å². The summed E-state index contributed by atoms with van der Waals surface area (Å²) in [5.74, 6) is 1.69. The van der Waals surface area contributed by atoms with Crippen molar-refractivity contribution in [1.82, 2.24) is 25.0 Å². The topological polar surface area (TPSA) is 80.1 Å². The Morgan fingerprint density at radius 3 is 2.56 bits per heavy atom. The molecule has 0 aromatic carbocycles. The summed E-state index contributed by atoms with van der Waals surface area (Å²) in [7, 11) is 0. The predicted octanol–water partition coefficient (Wildman–Crippen LogP) is 2.11. The van der Waals surface area contributed by atoms with E-state index in [2.05, 4.69) is 22.3 Å². The SMILES string of the molecule is CC[C@]1(C(=O)NC2CCCC2)C[C@H]2CC[C@@H]1N2C(=O)Cn1nc(C)nc1C. The molecular formula is C20H31N5O2. The van der Waals surface area contributed by atoms with Crippen LogP contribution in [0.15, 0.2) is 0 Å². The highest BCUT2D eigenvalue weighted by Crippen LogP contribution is 2.52. The van der Waals surface area contributed by atoms with Gasteiger partial charge < -0.3 is 10.2 Å². The lowest BCUT2D eigenvalue weighted by atomic mass is 9.71. The van der Waals surface area contributed by atoms with E-state index in [4.69, 9.17) is 0 Å². The molecule has 27 heavy (non-hydrogen) atoms.